The van der Waals surface area contributed by atoms with Crippen LogP contribution in [0.15, 0.2) is 72.5 Å². The first-order valence-corrected chi connectivity index (χ1v) is 12.3. The number of nitrogens with zero attached hydrogens (tertiary/aromatic N) is 4. The number of primary amides is 1. The largest absolute Gasteiger partial charge is 0.366 e. The van der Waals surface area contributed by atoms with Crippen molar-refractivity contribution in [3.63, 3.8) is 0 Å². The summed E-state index contributed by atoms with van der Waals surface area (Å²) in [5.74, 6) is -0.677. The van der Waals surface area contributed by atoms with Gasteiger partial charge in [0.25, 0.3) is 5.91 Å². The monoisotopic (exact) mass is 496 g/mol. The van der Waals surface area contributed by atoms with E-state index in [0.29, 0.717) is 16.3 Å². The molecule has 0 bridgehead atoms. The molecule has 1 atom stereocenters. The van der Waals surface area contributed by atoms with Gasteiger partial charge < -0.3 is 11.1 Å². The minimum absolute atomic E-state index is 0.0417. The summed E-state index contributed by atoms with van der Waals surface area (Å²) in [4.78, 5) is 33.5. The standard InChI is InChI=1S/C27H24N6O2S/c1-3-21(24-22-8-7-19(25(28)34)12-17(22)9-10-29-24)16-5-4-6-18(11-16)23-15-36-27(32-23)26(35)31-20-13-30-33(2)14-20/h4-15,21H,3H2,1-2H3,(H2,28,34)(H,31,35). The van der Waals surface area contributed by atoms with Crippen molar-refractivity contribution in [1.29, 1.82) is 0 Å². The Kier molecular flexibility index (Phi) is 6.30. The summed E-state index contributed by atoms with van der Waals surface area (Å²) >= 11 is 1.30. The van der Waals surface area contributed by atoms with Crippen molar-refractivity contribution in [2.24, 2.45) is 12.8 Å². The molecule has 0 spiro atoms. The molecule has 0 aliphatic rings. The van der Waals surface area contributed by atoms with E-state index in [4.69, 9.17) is 10.7 Å². The van der Waals surface area contributed by atoms with Gasteiger partial charge in [-0.2, -0.15) is 5.10 Å². The molecule has 2 amide bonds. The second-order valence-electron chi connectivity index (χ2n) is 8.48. The van der Waals surface area contributed by atoms with Gasteiger partial charge in [-0.05, 0) is 41.6 Å². The first-order chi connectivity index (χ1) is 17.4. The molecule has 180 valence electrons. The predicted octanol–water partition coefficient (Wildman–Crippen LogP) is 4.98. The number of anilines is 1. The number of nitrogens with two attached hydrogens (primary N) is 1. The SMILES string of the molecule is CCC(c1cccc(-c2csc(C(=O)Nc3cnn(C)c3)n2)c1)c1nccc2cc(C(N)=O)ccc12. The number of hydrogen-bond acceptors (Lipinski definition) is 6. The Morgan fingerprint density at radius 1 is 1.17 bits per heavy atom. The quantitative estimate of drug-likeness (QED) is 0.329. The number of amides is 2. The molecule has 5 aromatic rings. The summed E-state index contributed by atoms with van der Waals surface area (Å²) in [5, 5.41) is 11.1. The van der Waals surface area contributed by atoms with Crippen LogP contribution in [0.25, 0.3) is 22.0 Å². The van der Waals surface area contributed by atoms with E-state index in [0.717, 1.165) is 39.7 Å². The number of carbonyl (C=O) groups is 2. The Bertz CT molecular complexity index is 1590. The van der Waals surface area contributed by atoms with E-state index in [9.17, 15) is 9.59 Å². The average Bonchev–Trinajstić information content (AvgIpc) is 3.54. The van der Waals surface area contributed by atoms with E-state index in [1.807, 2.05) is 29.6 Å². The number of pyridine rings is 1. The molecule has 1 unspecified atom stereocenters. The number of hydrogen-bond donors (Lipinski definition) is 2. The summed E-state index contributed by atoms with van der Waals surface area (Å²) in [6, 6.07) is 15.5. The van der Waals surface area contributed by atoms with Gasteiger partial charge in [-0.3, -0.25) is 19.3 Å². The zero-order valence-electron chi connectivity index (χ0n) is 19.8. The van der Waals surface area contributed by atoms with Crippen molar-refractivity contribution in [3.05, 3.63) is 94.3 Å². The zero-order valence-corrected chi connectivity index (χ0v) is 20.6. The summed E-state index contributed by atoms with van der Waals surface area (Å²) in [5.41, 5.74) is 10.3. The summed E-state index contributed by atoms with van der Waals surface area (Å²) in [7, 11) is 1.79. The maximum absolute atomic E-state index is 12.6. The molecule has 0 aliphatic heterocycles. The highest BCUT2D eigenvalue weighted by molar-refractivity contribution is 7.12. The summed E-state index contributed by atoms with van der Waals surface area (Å²) in [6.45, 7) is 2.12. The molecule has 9 heteroatoms. The topological polar surface area (TPSA) is 116 Å². The number of aromatic nitrogens is 4. The van der Waals surface area contributed by atoms with E-state index >= 15 is 0 Å². The molecule has 3 heterocycles. The lowest BCUT2D eigenvalue weighted by Gasteiger charge is -2.18. The highest BCUT2D eigenvalue weighted by Crippen LogP contribution is 2.34. The van der Waals surface area contributed by atoms with Crippen LogP contribution in [0.4, 0.5) is 5.69 Å². The van der Waals surface area contributed by atoms with Gasteiger partial charge in [0.1, 0.15) is 0 Å². The Balaban J connectivity index is 1.44. The third-order valence-electron chi connectivity index (χ3n) is 6.06. The first kappa shape index (κ1) is 23.4. The predicted molar refractivity (Wildman–Crippen MR) is 141 cm³/mol. The van der Waals surface area contributed by atoms with Crippen LogP contribution in [0.1, 0.15) is 50.7 Å². The Morgan fingerprint density at radius 2 is 2.03 bits per heavy atom. The number of benzene rings is 2. The molecule has 2 aromatic carbocycles. The van der Waals surface area contributed by atoms with Crippen LogP contribution in [-0.2, 0) is 7.05 Å². The number of rotatable bonds is 7. The lowest BCUT2D eigenvalue weighted by Crippen LogP contribution is -2.11. The van der Waals surface area contributed by atoms with Crippen LogP contribution in [0.5, 0.6) is 0 Å². The van der Waals surface area contributed by atoms with Gasteiger partial charge in [0.2, 0.25) is 5.91 Å². The third kappa shape index (κ3) is 4.60. The third-order valence-corrected chi connectivity index (χ3v) is 6.91. The molecular weight excluding hydrogens is 472 g/mol. The van der Waals surface area contributed by atoms with Gasteiger partial charge in [0.05, 0.1) is 23.3 Å². The molecular formula is C27H24N6O2S. The number of nitrogens with one attached hydrogen (secondary N) is 1. The van der Waals surface area contributed by atoms with Crippen LogP contribution in [-0.4, -0.2) is 31.6 Å². The van der Waals surface area contributed by atoms with Crippen LogP contribution < -0.4 is 11.1 Å². The van der Waals surface area contributed by atoms with E-state index in [-0.39, 0.29) is 11.8 Å². The highest BCUT2D eigenvalue weighted by atomic mass is 32.1. The molecule has 0 fully saturated rings. The van der Waals surface area contributed by atoms with Gasteiger partial charge in [-0.1, -0.05) is 31.2 Å². The normalized spacial score (nSPS) is 11.9. The van der Waals surface area contributed by atoms with Crippen LogP contribution >= 0.6 is 11.3 Å². The molecule has 0 saturated carbocycles. The minimum Gasteiger partial charge on any atom is -0.366 e. The van der Waals surface area contributed by atoms with Crippen molar-refractivity contribution in [1.82, 2.24) is 19.7 Å². The van der Waals surface area contributed by atoms with Crippen molar-refractivity contribution in [3.8, 4) is 11.3 Å². The van der Waals surface area contributed by atoms with Crippen molar-refractivity contribution < 1.29 is 9.59 Å². The Labute approximate surface area is 211 Å². The molecule has 5 rings (SSSR count). The van der Waals surface area contributed by atoms with E-state index in [1.165, 1.54) is 11.3 Å². The zero-order chi connectivity index (χ0) is 25.2. The number of thiazole rings is 1. The molecule has 3 N–H and O–H groups in total. The van der Waals surface area contributed by atoms with Gasteiger partial charge in [-0.25, -0.2) is 4.98 Å². The lowest BCUT2D eigenvalue weighted by molar-refractivity contribution is 0.0997. The molecule has 0 saturated heterocycles. The van der Waals surface area contributed by atoms with Crippen LogP contribution in [0, 0.1) is 0 Å². The van der Waals surface area contributed by atoms with Gasteiger partial charge in [0.15, 0.2) is 5.01 Å². The van der Waals surface area contributed by atoms with E-state index < -0.39 is 5.91 Å². The molecule has 0 aliphatic carbocycles. The highest BCUT2D eigenvalue weighted by Gasteiger charge is 2.19. The van der Waals surface area contributed by atoms with Crippen molar-refractivity contribution >= 4 is 39.6 Å². The fourth-order valence-corrected chi connectivity index (χ4v) is 5.04. The summed E-state index contributed by atoms with van der Waals surface area (Å²) in [6.07, 6.45) is 5.93. The Morgan fingerprint density at radius 3 is 2.78 bits per heavy atom. The van der Waals surface area contributed by atoms with Gasteiger partial charge in [-0.15, -0.1) is 11.3 Å². The Hall–Kier alpha value is -4.37. The van der Waals surface area contributed by atoms with Gasteiger partial charge >= 0.3 is 0 Å². The first-order valence-electron chi connectivity index (χ1n) is 11.5. The lowest BCUT2D eigenvalue weighted by atomic mass is 9.88. The number of aryl methyl sites for hydroxylation is 1. The van der Waals surface area contributed by atoms with Crippen molar-refractivity contribution in [2.45, 2.75) is 19.3 Å². The van der Waals surface area contributed by atoms with E-state index in [1.54, 1.807) is 42.5 Å². The summed E-state index contributed by atoms with van der Waals surface area (Å²) < 4.78 is 1.62. The molecule has 3 aromatic heterocycles. The van der Waals surface area contributed by atoms with Crippen LogP contribution in [0.2, 0.25) is 0 Å². The smallest absolute Gasteiger partial charge is 0.284 e. The maximum Gasteiger partial charge on any atom is 0.284 e. The second kappa shape index (κ2) is 9.71. The molecule has 36 heavy (non-hydrogen) atoms. The second-order valence-corrected chi connectivity index (χ2v) is 9.34. The maximum atomic E-state index is 12.6. The van der Waals surface area contributed by atoms with E-state index in [2.05, 4.69) is 34.5 Å². The number of carbonyl (C=O) groups excluding carboxylic acids is 2. The number of fused-ring (bicyclic) bond motifs is 1. The fraction of sp³-hybridized carbons (Fsp3) is 0.148. The van der Waals surface area contributed by atoms with Gasteiger partial charge in [0, 0.05) is 47.3 Å². The molecule has 0 radical (unpaired) electrons. The van der Waals surface area contributed by atoms with Crippen molar-refractivity contribution in [2.75, 3.05) is 5.32 Å². The molecule has 8 nitrogen and oxygen atoms in total. The average molecular weight is 497 g/mol. The minimum atomic E-state index is -0.452. The fourth-order valence-electron chi connectivity index (χ4n) is 4.31. The van der Waals surface area contributed by atoms with Crippen LogP contribution in [0.3, 0.4) is 0 Å².